The average molecular weight is 270 g/mol. The van der Waals surface area contributed by atoms with Gasteiger partial charge in [0.05, 0.1) is 17.5 Å². The van der Waals surface area contributed by atoms with Crippen molar-refractivity contribution in [1.29, 1.82) is 0 Å². The zero-order valence-electron chi connectivity index (χ0n) is 8.49. The molecule has 1 fully saturated rings. The lowest BCUT2D eigenvalue weighted by atomic mass is 10.3. The van der Waals surface area contributed by atoms with E-state index in [1.54, 1.807) is 0 Å². The summed E-state index contributed by atoms with van der Waals surface area (Å²) in [6.07, 6.45) is -4.48. The second kappa shape index (κ2) is 3.62. The van der Waals surface area contributed by atoms with E-state index in [0.717, 1.165) is 4.68 Å². The van der Waals surface area contributed by atoms with Crippen LogP contribution in [-0.4, -0.2) is 29.7 Å². The molecule has 2 rings (SSSR count). The molecule has 0 amide bonds. The van der Waals surface area contributed by atoms with Gasteiger partial charge in [0, 0.05) is 6.07 Å². The minimum absolute atomic E-state index is 0.107. The van der Waals surface area contributed by atoms with Crippen molar-refractivity contribution in [2.75, 3.05) is 11.5 Å². The summed E-state index contributed by atoms with van der Waals surface area (Å²) in [5.41, 5.74) is -2.02. The number of nitrogens with zero attached hydrogens (tertiary/aromatic N) is 1. The Morgan fingerprint density at radius 1 is 1.41 bits per heavy atom. The summed E-state index contributed by atoms with van der Waals surface area (Å²) < 4.78 is 60.1. The summed E-state index contributed by atoms with van der Waals surface area (Å²) in [5, 5.41) is 1.92. The van der Waals surface area contributed by atoms with Gasteiger partial charge in [0.25, 0.3) is 5.56 Å². The molecule has 1 aliphatic heterocycles. The molecule has 0 saturated carbocycles. The average Bonchev–Trinajstić information content (AvgIpc) is 2.68. The fraction of sp³-hybridized carbons (Fsp3) is 0.625. The molecule has 17 heavy (non-hydrogen) atoms. The number of halogens is 3. The van der Waals surface area contributed by atoms with Crippen LogP contribution in [0.3, 0.4) is 0 Å². The minimum Gasteiger partial charge on any atom is -0.291 e. The molecule has 0 aliphatic carbocycles. The smallest absolute Gasteiger partial charge is 0.291 e. The molecule has 1 aliphatic rings. The van der Waals surface area contributed by atoms with Crippen LogP contribution in [0.2, 0.25) is 0 Å². The van der Waals surface area contributed by atoms with E-state index in [1.807, 2.05) is 5.10 Å². The first-order valence-corrected chi connectivity index (χ1v) is 6.60. The largest absolute Gasteiger partial charge is 0.432 e. The third-order valence-electron chi connectivity index (χ3n) is 2.63. The van der Waals surface area contributed by atoms with Gasteiger partial charge < -0.3 is 0 Å². The van der Waals surface area contributed by atoms with Crippen LogP contribution >= 0.6 is 0 Å². The van der Waals surface area contributed by atoms with Gasteiger partial charge in [0.2, 0.25) is 0 Å². The Bertz CT molecular complexity index is 584. The Morgan fingerprint density at radius 2 is 2.06 bits per heavy atom. The van der Waals surface area contributed by atoms with E-state index in [0.29, 0.717) is 6.07 Å². The van der Waals surface area contributed by atoms with E-state index < -0.39 is 33.3 Å². The molecular weight excluding hydrogens is 261 g/mol. The molecule has 0 aromatic carbocycles. The van der Waals surface area contributed by atoms with Crippen LogP contribution in [-0.2, 0) is 16.0 Å². The van der Waals surface area contributed by atoms with Crippen molar-refractivity contribution in [2.24, 2.45) is 0 Å². The van der Waals surface area contributed by atoms with Gasteiger partial charge in [0.1, 0.15) is 5.69 Å². The Balaban J connectivity index is 2.36. The lowest BCUT2D eigenvalue weighted by Crippen LogP contribution is -2.23. The molecule has 0 radical (unpaired) electrons. The van der Waals surface area contributed by atoms with Gasteiger partial charge in [-0.15, -0.1) is 0 Å². The molecule has 0 unspecified atom stereocenters. The molecule has 1 aromatic rings. The van der Waals surface area contributed by atoms with E-state index >= 15 is 0 Å². The van der Waals surface area contributed by atoms with Gasteiger partial charge in [-0.1, -0.05) is 0 Å². The number of hydrogen-bond acceptors (Lipinski definition) is 3. The minimum atomic E-state index is -4.64. The quantitative estimate of drug-likeness (QED) is 0.810. The molecule has 1 saturated heterocycles. The highest BCUT2D eigenvalue weighted by molar-refractivity contribution is 7.91. The number of rotatable bonds is 1. The Kier molecular flexibility index (Phi) is 2.60. The first-order chi connectivity index (χ1) is 7.69. The monoisotopic (exact) mass is 270 g/mol. The van der Waals surface area contributed by atoms with Crippen molar-refractivity contribution in [2.45, 2.75) is 18.6 Å². The number of sulfone groups is 1. The van der Waals surface area contributed by atoms with E-state index in [1.165, 1.54) is 0 Å². The summed E-state index contributed by atoms with van der Waals surface area (Å²) >= 11 is 0. The zero-order valence-corrected chi connectivity index (χ0v) is 9.31. The predicted octanol–water partition coefficient (Wildman–Crippen LogP) is 0.555. The van der Waals surface area contributed by atoms with Gasteiger partial charge in [0.15, 0.2) is 9.84 Å². The molecule has 9 heteroatoms. The summed E-state index contributed by atoms with van der Waals surface area (Å²) in [7, 11) is -3.25. The number of nitrogens with one attached hydrogen (secondary N) is 1. The van der Waals surface area contributed by atoms with Crippen molar-refractivity contribution >= 4 is 9.84 Å². The standard InChI is InChI=1S/C8H9F3N2O3S/c9-8(10,11)6-3-7(14)13(12-6)5-1-2-17(15,16)4-5/h3,5,12H,1-2,4H2/t5-/m1/s1. The van der Waals surface area contributed by atoms with Crippen LogP contribution in [0, 0.1) is 0 Å². The van der Waals surface area contributed by atoms with E-state index in [9.17, 15) is 26.4 Å². The Labute approximate surface area is 94.1 Å². The fourth-order valence-corrected chi connectivity index (χ4v) is 3.51. The summed E-state index contributed by atoms with van der Waals surface area (Å²) in [4.78, 5) is 11.3. The third-order valence-corrected chi connectivity index (χ3v) is 4.38. The van der Waals surface area contributed by atoms with Crippen molar-refractivity contribution in [3.63, 3.8) is 0 Å². The maximum Gasteiger partial charge on any atom is 0.432 e. The molecular formula is C8H9F3N2O3S. The van der Waals surface area contributed by atoms with Crippen molar-refractivity contribution in [3.05, 3.63) is 22.1 Å². The molecule has 1 atom stereocenters. The first kappa shape index (κ1) is 12.2. The van der Waals surface area contributed by atoms with Gasteiger partial charge in [-0.2, -0.15) is 13.2 Å². The predicted molar refractivity (Wildman–Crippen MR) is 52.4 cm³/mol. The van der Waals surface area contributed by atoms with Crippen LogP contribution in [0.5, 0.6) is 0 Å². The SMILES string of the molecule is O=c1cc(C(F)(F)F)[nH]n1[C@@H]1CCS(=O)(=O)C1. The second-order valence-corrected chi connectivity index (χ2v) is 6.16. The lowest BCUT2D eigenvalue weighted by Gasteiger charge is -2.09. The molecule has 0 bridgehead atoms. The number of alkyl halides is 3. The zero-order chi connectivity index (χ0) is 12.8. The van der Waals surface area contributed by atoms with Crippen LogP contribution < -0.4 is 5.56 Å². The first-order valence-electron chi connectivity index (χ1n) is 4.78. The molecule has 1 N–H and O–H groups in total. The summed E-state index contributed by atoms with van der Waals surface area (Å²) in [5.74, 6) is -0.408. The number of H-pyrrole nitrogens is 1. The normalized spacial score (nSPS) is 24.1. The summed E-state index contributed by atoms with van der Waals surface area (Å²) in [6, 6.07) is -0.297. The van der Waals surface area contributed by atoms with Crippen LogP contribution in [0.25, 0.3) is 0 Å². The molecule has 1 aromatic heterocycles. The lowest BCUT2D eigenvalue weighted by molar-refractivity contribution is -0.141. The van der Waals surface area contributed by atoms with Crippen molar-refractivity contribution in [1.82, 2.24) is 9.78 Å². The third kappa shape index (κ3) is 2.38. The van der Waals surface area contributed by atoms with E-state index in [2.05, 4.69) is 0 Å². The summed E-state index contributed by atoms with van der Waals surface area (Å²) in [6.45, 7) is 0. The van der Waals surface area contributed by atoms with E-state index in [4.69, 9.17) is 0 Å². The Morgan fingerprint density at radius 3 is 2.47 bits per heavy atom. The van der Waals surface area contributed by atoms with Gasteiger partial charge >= 0.3 is 6.18 Å². The topological polar surface area (TPSA) is 71.9 Å². The van der Waals surface area contributed by atoms with Crippen molar-refractivity contribution < 1.29 is 21.6 Å². The molecule has 96 valence electrons. The number of aromatic amines is 1. The second-order valence-electron chi connectivity index (χ2n) is 3.93. The van der Waals surface area contributed by atoms with Crippen LogP contribution in [0.4, 0.5) is 13.2 Å². The van der Waals surface area contributed by atoms with Crippen LogP contribution in [0.15, 0.2) is 10.9 Å². The van der Waals surface area contributed by atoms with E-state index in [-0.39, 0.29) is 17.9 Å². The molecule has 5 nitrogen and oxygen atoms in total. The fourth-order valence-electron chi connectivity index (χ4n) is 1.81. The van der Waals surface area contributed by atoms with Gasteiger partial charge in [-0.3, -0.25) is 9.89 Å². The van der Waals surface area contributed by atoms with Gasteiger partial charge in [-0.05, 0) is 6.42 Å². The van der Waals surface area contributed by atoms with Crippen LogP contribution in [0.1, 0.15) is 18.2 Å². The van der Waals surface area contributed by atoms with Crippen molar-refractivity contribution in [3.8, 4) is 0 Å². The number of aromatic nitrogens is 2. The highest BCUT2D eigenvalue weighted by atomic mass is 32.2. The van der Waals surface area contributed by atoms with Gasteiger partial charge in [-0.25, -0.2) is 13.1 Å². The molecule has 2 heterocycles. The number of hydrogen-bond donors (Lipinski definition) is 1. The maximum absolute atomic E-state index is 12.3. The highest BCUT2D eigenvalue weighted by Gasteiger charge is 2.36. The Hall–Kier alpha value is -1.25. The highest BCUT2D eigenvalue weighted by Crippen LogP contribution is 2.28. The molecule has 0 spiro atoms. The maximum atomic E-state index is 12.3.